The Kier molecular flexibility index (Phi) is 3.86. The number of carbonyl (C=O) groups excluding carboxylic acids is 1. The van der Waals surface area contributed by atoms with E-state index in [1.807, 2.05) is 0 Å². The van der Waals surface area contributed by atoms with Crippen molar-refractivity contribution in [2.24, 2.45) is 0 Å². The largest absolute Gasteiger partial charge is 0.478 e. The number of anilines is 1. The van der Waals surface area contributed by atoms with Crippen molar-refractivity contribution in [2.75, 3.05) is 5.32 Å². The number of aliphatic carboxylic acids is 1. The van der Waals surface area contributed by atoms with E-state index in [4.69, 9.17) is 5.11 Å². The SMILES string of the molecule is O=C(O)C=CC(=O)Nc1cc(F)cc(F)c1F. The van der Waals surface area contributed by atoms with Crippen LogP contribution in [0.1, 0.15) is 0 Å². The van der Waals surface area contributed by atoms with E-state index < -0.39 is 35.0 Å². The number of hydrogen-bond acceptors (Lipinski definition) is 2. The number of halogens is 3. The molecule has 4 nitrogen and oxygen atoms in total. The van der Waals surface area contributed by atoms with Gasteiger partial charge in [0.25, 0.3) is 0 Å². The Morgan fingerprint density at radius 3 is 2.41 bits per heavy atom. The molecule has 0 spiro atoms. The number of benzene rings is 1. The number of carbonyl (C=O) groups is 2. The molecule has 0 saturated heterocycles. The lowest BCUT2D eigenvalue weighted by Gasteiger charge is -2.04. The van der Waals surface area contributed by atoms with Crippen LogP contribution in [0.25, 0.3) is 0 Å². The highest BCUT2D eigenvalue weighted by Crippen LogP contribution is 2.18. The summed E-state index contributed by atoms with van der Waals surface area (Å²) in [6.45, 7) is 0. The van der Waals surface area contributed by atoms with E-state index in [9.17, 15) is 22.8 Å². The molecule has 0 heterocycles. The number of hydrogen-bond donors (Lipinski definition) is 2. The van der Waals surface area contributed by atoms with Gasteiger partial charge in [0.05, 0.1) is 5.69 Å². The zero-order valence-electron chi connectivity index (χ0n) is 8.21. The van der Waals surface area contributed by atoms with Crippen LogP contribution in [0.4, 0.5) is 18.9 Å². The van der Waals surface area contributed by atoms with Gasteiger partial charge in [-0.05, 0) is 0 Å². The molecular formula is C10H6F3NO3. The van der Waals surface area contributed by atoms with Crippen molar-refractivity contribution in [3.8, 4) is 0 Å². The van der Waals surface area contributed by atoms with E-state index in [0.29, 0.717) is 24.3 Å². The summed E-state index contributed by atoms with van der Waals surface area (Å²) in [5.41, 5.74) is -0.706. The Morgan fingerprint density at radius 2 is 1.82 bits per heavy atom. The second-order valence-corrected chi connectivity index (χ2v) is 2.91. The van der Waals surface area contributed by atoms with Crippen molar-refractivity contribution in [3.63, 3.8) is 0 Å². The number of nitrogens with one attached hydrogen (secondary N) is 1. The molecular weight excluding hydrogens is 239 g/mol. The Balaban J connectivity index is 2.89. The number of carboxylic acid groups (broad SMARTS) is 1. The normalized spacial score (nSPS) is 10.5. The first kappa shape index (κ1) is 12.8. The molecule has 0 aliphatic heterocycles. The van der Waals surface area contributed by atoms with Gasteiger partial charge in [-0.25, -0.2) is 18.0 Å². The molecule has 0 aliphatic rings. The number of carboxylic acids is 1. The predicted octanol–water partition coefficient (Wildman–Crippen LogP) is 1.68. The van der Waals surface area contributed by atoms with Gasteiger partial charge >= 0.3 is 5.97 Å². The standard InChI is InChI=1S/C10H6F3NO3/c11-5-3-6(12)10(13)7(4-5)14-8(15)1-2-9(16)17/h1-4H,(H,14,15)(H,16,17). The van der Waals surface area contributed by atoms with Crippen molar-refractivity contribution >= 4 is 17.6 Å². The first-order chi connectivity index (χ1) is 7.90. The van der Waals surface area contributed by atoms with Gasteiger partial charge in [0.2, 0.25) is 5.91 Å². The minimum atomic E-state index is -1.46. The molecule has 0 radical (unpaired) electrons. The van der Waals surface area contributed by atoms with Crippen LogP contribution in [0, 0.1) is 17.5 Å². The first-order valence-electron chi connectivity index (χ1n) is 4.26. The first-order valence-corrected chi connectivity index (χ1v) is 4.26. The third-order valence-corrected chi connectivity index (χ3v) is 1.63. The molecule has 1 amide bonds. The third-order valence-electron chi connectivity index (χ3n) is 1.63. The maximum absolute atomic E-state index is 13.0. The highest BCUT2D eigenvalue weighted by molar-refractivity contribution is 6.02. The van der Waals surface area contributed by atoms with E-state index in [0.717, 1.165) is 0 Å². The molecule has 2 N–H and O–H groups in total. The zero-order chi connectivity index (χ0) is 13.0. The van der Waals surface area contributed by atoms with E-state index in [-0.39, 0.29) is 0 Å². The van der Waals surface area contributed by atoms with Crippen LogP contribution in [0.3, 0.4) is 0 Å². The average molecular weight is 245 g/mol. The highest BCUT2D eigenvalue weighted by atomic mass is 19.2. The predicted molar refractivity (Wildman–Crippen MR) is 51.7 cm³/mol. The molecule has 17 heavy (non-hydrogen) atoms. The third kappa shape index (κ3) is 3.63. The van der Waals surface area contributed by atoms with E-state index in [1.54, 1.807) is 5.32 Å². The fourth-order valence-corrected chi connectivity index (χ4v) is 0.968. The summed E-state index contributed by atoms with van der Waals surface area (Å²) >= 11 is 0. The molecule has 0 unspecified atom stereocenters. The minimum absolute atomic E-state index is 0.318. The molecule has 1 aromatic rings. The summed E-state index contributed by atoms with van der Waals surface area (Å²) in [6.07, 6.45) is 1.09. The lowest BCUT2D eigenvalue weighted by atomic mass is 10.2. The lowest BCUT2D eigenvalue weighted by molar-refractivity contribution is -0.131. The van der Waals surface area contributed by atoms with Crippen molar-refractivity contribution in [1.29, 1.82) is 0 Å². The Bertz CT molecular complexity index is 500. The van der Waals surface area contributed by atoms with Crippen LogP contribution in [-0.2, 0) is 9.59 Å². The van der Waals surface area contributed by atoms with Gasteiger partial charge < -0.3 is 10.4 Å². The topological polar surface area (TPSA) is 66.4 Å². The Morgan fingerprint density at radius 1 is 1.18 bits per heavy atom. The summed E-state index contributed by atoms with van der Waals surface area (Å²) in [6, 6.07) is 0.892. The zero-order valence-corrected chi connectivity index (χ0v) is 8.21. The van der Waals surface area contributed by atoms with Gasteiger partial charge in [0, 0.05) is 24.3 Å². The smallest absolute Gasteiger partial charge is 0.328 e. The van der Waals surface area contributed by atoms with Crippen LogP contribution in [0.2, 0.25) is 0 Å². The molecule has 0 aromatic heterocycles. The van der Waals surface area contributed by atoms with Crippen LogP contribution in [0.5, 0.6) is 0 Å². The summed E-state index contributed by atoms with van der Waals surface area (Å²) < 4.78 is 38.5. The van der Waals surface area contributed by atoms with Crippen molar-refractivity contribution in [2.45, 2.75) is 0 Å². The van der Waals surface area contributed by atoms with E-state index >= 15 is 0 Å². The molecule has 90 valence electrons. The van der Waals surface area contributed by atoms with Crippen LogP contribution in [-0.4, -0.2) is 17.0 Å². The Labute approximate surface area is 93.4 Å². The van der Waals surface area contributed by atoms with Crippen molar-refractivity contribution in [1.82, 2.24) is 0 Å². The highest BCUT2D eigenvalue weighted by Gasteiger charge is 2.12. The van der Waals surface area contributed by atoms with Crippen LogP contribution in [0.15, 0.2) is 24.3 Å². The second kappa shape index (κ2) is 5.15. The molecule has 0 saturated carbocycles. The maximum Gasteiger partial charge on any atom is 0.328 e. The lowest BCUT2D eigenvalue weighted by Crippen LogP contribution is -2.11. The molecule has 0 bridgehead atoms. The van der Waals surface area contributed by atoms with Gasteiger partial charge in [-0.2, -0.15) is 0 Å². The van der Waals surface area contributed by atoms with Crippen LogP contribution >= 0.6 is 0 Å². The summed E-state index contributed by atoms with van der Waals surface area (Å²) in [5, 5.41) is 10.0. The second-order valence-electron chi connectivity index (χ2n) is 2.91. The molecule has 1 rings (SSSR count). The number of rotatable bonds is 3. The summed E-state index contributed by atoms with van der Waals surface area (Å²) in [5.74, 6) is -6.35. The van der Waals surface area contributed by atoms with Gasteiger partial charge in [-0.3, -0.25) is 4.79 Å². The van der Waals surface area contributed by atoms with Crippen molar-refractivity contribution < 1.29 is 27.9 Å². The Hall–Kier alpha value is -2.31. The van der Waals surface area contributed by atoms with Gasteiger partial charge in [-0.1, -0.05) is 0 Å². The molecule has 1 aromatic carbocycles. The van der Waals surface area contributed by atoms with Gasteiger partial charge in [0.1, 0.15) is 5.82 Å². The average Bonchev–Trinajstić information content (AvgIpc) is 2.22. The van der Waals surface area contributed by atoms with Crippen molar-refractivity contribution in [3.05, 3.63) is 41.7 Å². The summed E-state index contributed by atoms with van der Waals surface area (Å²) in [7, 11) is 0. The fraction of sp³-hybridized carbons (Fsp3) is 0. The minimum Gasteiger partial charge on any atom is -0.478 e. The molecule has 7 heteroatoms. The van der Waals surface area contributed by atoms with Gasteiger partial charge in [-0.15, -0.1) is 0 Å². The quantitative estimate of drug-likeness (QED) is 0.629. The fourth-order valence-electron chi connectivity index (χ4n) is 0.968. The molecule has 0 atom stereocenters. The number of amides is 1. The summed E-state index contributed by atoms with van der Waals surface area (Å²) in [4.78, 5) is 21.1. The van der Waals surface area contributed by atoms with Gasteiger partial charge in [0.15, 0.2) is 11.6 Å². The monoisotopic (exact) mass is 245 g/mol. The van der Waals surface area contributed by atoms with E-state index in [2.05, 4.69) is 0 Å². The molecule has 0 fully saturated rings. The van der Waals surface area contributed by atoms with E-state index in [1.165, 1.54) is 0 Å². The van der Waals surface area contributed by atoms with Crippen LogP contribution < -0.4 is 5.32 Å². The molecule has 0 aliphatic carbocycles. The maximum atomic E-state index is 13.0.